The average molecular weight is 378 g/mol. The monoisotopic (exact) mass is 378 g/mol. The minimum atomic E-state index is -0.336. The first-order valence-corrected chi connectivity index (χ1v) is 8.76. The van der Waals surface area contributed by atoms with Crippen LogP contribution in [0.4, 0.5) is 4.39 Å². The van der Waals surface area contributed by atoms with Crippen LogP contribution in [-0.2, 0) is 11.2 Å². The Morgan fingerprint density at radius 3 is 2.14 bits per heavy atom. The highest BCUT2D eigenvalue weighted by molar-refractivity contribution is 5.94. The number of halogens is 1. The van der Waals surface area contributed by atoms with Crippen LogP contribution in [0.25, 0.3) is 11.1 Å². The molecule has 3 aromatic rings. The Bertz CT molecular complexity index is 929. The van der Waals surface area contributed by atoms with Crippen LogP contribution in [0.3, 0.4) is 0 Å². The van der Waals surface area contributed by atoms with Gasteiger partial charge < -0.3 is 10.6 Å². The molecule has 28 heavy (non-hydrogen) atoms. The van der Waals surface area contributed by atoms with E-state index in [2.05, 4.69) is 20.6 Å². The molecule has 0 saturated carbocycles. The zero-order chi connectivity index (χ0) is 19.8. The van der Waals surface area contributed by atoms with Gasteiger partial charge in [0.05, 0.1) is 6.42 Å². The predicted molar refractivity (Wildman–Crippen MR) is 103 cm³/mol. The Balaban J connectivity index is 1.41. The number of nitrogens with zero attached hydrogens (tertiary/aromatic N) is 2. The number of hydrogen-bond donors (Lipinski definition) is 2. The van der Waals surface area contributed by atoms with Gasteiger partial charge in [0.15, 0.2) is 0 Å². The number of hydrogen-bond acceptors (Lipinski definition) is 4. The molecule has 1 heterocycles. The van der Waals surface area contributed by atoms with Gasteiger partial charge in [-0.25, -0.2) is 14.4 Å². The van der Waals surface area contributed by atoms with Gasteiger partial charge in [-0.2, -0.15) is 0 Å². The van der Waals surface area contributed by atoms with Gasteiger partial charge in [0.2, 0.25) is 5.91 Å². The number of carbonyl (C=O) groups is 2. The molecular formula is C21H19FN4O2. The van der Waals surface area contributed by atoms with Gasteiger partial charge in [0.25, 0.3) is 5.91 Å². The lowest BCUT2D eigenvalue weighted by molar-refractivity contribution is -0.120. The maximum atomic E-state index is 12.9. The zero-order valence-electron chi connectivity index (χ0n) is 15.1. The van der Waals surface area contributed by atoms with Crippen LogP contribution in [0.5, 0.6) is 0 Å². The van der Waals surface area contributed by atoms with E-state index >= 15 is 0 Å². The van der Waals surface area contributed by atoms with E-state index in [1.807, 2.05) is 12.1 Å². The first kappa shape index (κ1) is 19.2. The summed E-state index contributed by atoms with van der Waals surface area (Å²) in [7, 11) is 0. The SMILES string of the molecule is O=C(Cc1ccc(F)cc1)NCCNC(=O)c1ccc(-c2cncnc2)cc1. The van der Waals surface area contributed by atoms with E-state index in [9.17, 15) is 14.0 Å². The molecule has 0 aliphatic heterocycles. The summed E-state index contributed by atoms with van der Waals surface area (Å²) >= 11 is 0. The lowest BCUT2D eigenvalue weighted by Crippen LogP contribution is -2.35. The lowest BCUT2D eigenvalue weighted by atomic mass is 10.1. The maximum absolute atomic E-state index is 12.9. The zero-order valence-corrected chi connectivity index (χ0v) is 15.1. The highest BCUT2D eigenvalue weighted by atomic mass is 19.1. The average Bonchev–Trinajstić information content (AvgIpc) is 2.73. The van der Waals surface area contributed by atoms with Crippen LogP contribution < -0.4 is 10.6 Å². The van der Waals surface area contributed by atoms with Gasteiger partial charge >= 0.3 is 0 Å². The van der Waals surface area contributed by atoms with E-state index in [0.29, 0.717) is 18.7 Å². The highest BCUT2D eigenvalue weighted by Gasteiger charge is 2.07. The van der Waals surface area contributed by atoms with E-state index in [4.69, 9.17) is 0 Å². The Kier molecular flexibility index (Phi) is 6.41. The van der Waals surface area contributed by atoms with Crippen molar-refractivity contribution in [3.05, 3.63) is 84.2 Å². The second-order valence-electron chi connectivity index (χ2n) is 6.11. The molecule has 0 saturated heterocycles. The van der Waals surface area contributed by atoms with Crippen molar-refractivity contribution in [2.24, 2.45) is 0 Å². The molecule has 6 nitrogen and oxygen atoms in total. The Hall–Kier alpha value is -3.61. The predicted octanol–water partition coefficient (Wildman–Crippen LogP) is 2.37. The van der Waals surface area contributed by atoms with Crippen molar-refractivity contribution >= 4 is 11.8 Å². The fourth-order valence-electron chi connectivity index (χ4n) is 2.59. The number of nitrogens with one attached hydrogen (secondary N) is 2. The highest BCUT2D eigenvalue weighted by Crippen LogP contribution is 2.17. The molecule has 7 heteroatoms. The minimum Gasteiger partial charge on any atom is -0.354 e. The number of benzene rings is 2. The van der Waals surface area contributed by atoms with Gasteiger partial charge in [-0.05, 0) is 35.4 Å². The third-order valence-electron chi connectivity index (χ3n) is 4.05. The third kappa shape index (κ3) is 5.44. The summed E-state index contributed by atoms with van der Waals surface area (Å²) in [6, 6.07) is 12.9. The van der Waals surface area contributed by atoms with Gasteiger partial charge in [-0.1, -0.05) is 24.3 Å². The summed E-state index contributed by atoms with van der Waals surface area (Å²) in [5.74, 6) is -0.740. The van der Waals surface area contributed by atoms with Gasteiger partial charge in [-0.15, -0.1) is 0 Å². The minimum absolute atomic E-state index is 0.166. The summed E-state index contributed by atoms with van der Waals surface area (Å²) in [6.07, 6.45) is 5.04. The number of rotatable bonds is 7. The molecule has 2 aromatic carbocycles. The second-order valence-corrected chi connectivity index (χ2v) is 6.11. The summed E-state index contributed by atoms with van der Waals surface area (Å²) in [6.45, 7) is 0.619. The molecule has 0 radical (unpaired) electrons. The lowest BCUT2D eigenvalue weighted by Gasteiger charge is -2.08. The van der Waals surface area contributed by atoms with Crippen molar-refractivity contribution in [2.75, 3.05) is 13.1 Å². The van der Waals surface area contributed by atoms with E-state index in [0.717, 1.165) is 16.7 Å². The van der Waals surface area contributed by atoms with Crippen LogP contribution in [0.1, 0.15) is 15.9 Å². The van der Waals surface area contributed by atoms with Crippen molar-refractivity contribution in [1.82, 2.24) is 20.6 Å². The summed E-state index contributed by atoms with van der Waals surface area (Å²) in [5.41, 5.74) is 3.05. The fourth-order valence-corrected chi connectivity index (χ4v) is 2.59. The number of carbonyl (C=O) groups excluding carboxylic acids is 2. The molecule has 0 aliphatic rings. The summed E-state index contributed by atoms with van der Waals surface area (Å²) in [4.78, 5) is 32.0. The topological polar surface area (TPSA) is 84.0 Å². The largest absolute Gasteiger partial charge is 0.354 e. The second kappa shape index (κ2) is 9.36. The van der Waals surface area contributed by atoms with Crippen LogP contribution in [0.15, 0.2) is 67.3 Å². The van der Waals surface area contributed by atoms with Crippen LogP contribution >= 0.6 is 0 Å². The first-order valence-electron chi connectivity index (χ1n) is 8.76. The van der Waals surface area contributed by atoms with E-state index in [-0.39, 0.29) is 24.1 Å². The third-order valence-corrected chi connectivity index (χ3v) is 4.05. The van der Waals surface area contributed by atoms with E-state index in [1.54, 1.807) is 36.7 Å². The van der Waals surface area contributed by atoms with Crippen LogP contribution in [0.2, 0.25) is 0 Å². The molecule has 0 aliphatic carbocycles. The first-order chi connectivity index (χ1) is 13.6. The Morgan fingerprint density at radius 1 is 0.821 bits per heavy atom. The van der Waals surface area contributed by atoms with Gasteiger partial charge in [0.1, 0.15) is 12.1 Å². The van der Waals surface area contributed by atoms with Crippen LogP contribution in [0, 0.1) is 5.82 Å². The van der Waals surface area contributed by atoms with Gasteiger partial charge in [0, 0.05) is 36.6 Å². The Labute approximate surface area is 161 Å². The Morgan fingerprint density at radius 2 is 1.46 bits per heavy atom. The van der Waals surface area contributed by atoms with Gasteiger partial charge in [-0.3, -0.25) is 9.59 Å². The molecule has 1 aromatic heterocycles. The van der Waals surface area contributed by atoms with E-state index in [1.165, 1.54) is 18.5 Å². The fraction of sp³-hybridized carbons (Fsp3) is 0.143. The van der Waals surface area contributed by atoms with Crippen molar-refractivity contribution in [3.8, 4) is 11.1 Å². The molecule has 0 fully saturated rings. The molecule has 0 unspecified atom stereocenters. The molecule has 3 rings (SSSR count). The molecule has 2 amide bonds. The van der Waals surface area contributed by atoms with Crippen molar-refractivity contribution in [2.45, 2.75) is 6.42 Å². The standard InChI is InChI=1S/C21H19FN4O2/c22-19-7-1-15(2-8-19)11-20(27)25-9-10-26-21(28)17-5-3-16(4-6-17)18-12-23-14-24-13-18/h1-8,12-14H,9-11H2,(H,25,27)(H,26,28). The molecular weight excluding hydrogens is 359 g/mol. The van der Waals surface area contributed by atoms with Crippen LogP contribution in [-0.4, -0.2) is 34.9 Å². The normalized spacial score (nSPS) is 10.3. The quantitative estimate of drug-likeness (QED) is 0.618. The molecule has 0 bridgehead atoms. The number of amides is 2. The molecule has 2 N–H and O–H groups in total. The molecule has 142 valence electrons. The number of aromatic nitrogens is 2. The van der Waals surface area contributed by atoms with Crippen molar-refractivity contribution in [1.29, 1.82) is 0 Å². The molecule has 0 atom stereocenters. The maximum Gasteiger partial charge on any atom is 0.251 e. The molecule has 0 spiro atoms. The van der Waals surface area contributed by atoms with E-state index < -0.39 is 0 Å². The smallest absolute Gasteiger partial charge is 0.251 e. The summed E-state index contributed by atoms with van der Waals surface area (Å²) in [5, 5.41) is 5.48. The van der Waals surface area contributed by atoms with Crippen molar-refractivity contribution < 1.29 is 14.0 Å². The van der Waals surface area contributed by atoms with Crippen molar-refractivity contribution in [3.63, 3.8) is 0 Å². The summed E-state index contributed by atoms with van der Waals surface area (Å²) < 4.78 is 12.9.